The van der Waals surface area contributed by atoms with Crippen LogP contribution in [0.5, 0.6) is 0 Å². The number of para-hydroxylation sites is 1. The largest absolute Gasteiger partial charge is 0.322 e. The number of aryl methyl sites for hydroxylation is 1. The summed E-state index contributed by atoms with van der Waals surface area (Å²) in [5.41, 5.74) is 6.18. The molecule has 0 saturated heterocycles. The first-order valence-corrected chi connectivity index (χ1v) is 10.6. The Labute approximate surface area is 186 Å². The Kier molecular flexibility index (Phi) is 5.00. The molecular formula is C26H22ClN3O. The van der Waals surface area contributed by atoms with Gasteiger partial charge in [-0.3, -0.25) is 0 Å². The summed E-state index contributed by atoms with van der Waals surface area (Å²) in [7, 11) is 0. The van der Waals surface area contributed by atoms with Crippen LogP contribution < -0.4 is 5.32 Å². The van der Waals surface area contributed by atoms with Gasteiger partial charge in [0, 0.05) is 22.6 Å². The number of aromatic nitrogens is 1. The summed E-state index contributed by atoms with van der Waals surface area (Å²) in [6, 6.07) is 27.5. The van der Waals surface area contributed by atoms with Crippen molar-refractivity contribution < 1.29 is 4.79 Å². The van der Waals surface area contributed by atoms with Crippen LogP contribution in [-0.2, 0) is 6.54 Å². The van der Waals surface area contributed by atoms with Crippen LogP contribution in [0.2, 0.25) is 5.02 Å². The van der Waals surface area contributed by atoms with E-state index in [1.54, 1.807) is 12.1 Å². The molecule has 3 aromatic carbocycles. The van der Waals surface area contributed by atoms with Crippen molar-refractivity contribution in [2.75, 3.05) is 5.32 Å². The first-order valence-electron chi connectivity index (χ1n) is 10.3. The Morgan fingerprint density at radius 2 is 1.77 bits per heavy atom. The Morgan fingerprint density at radius 1 is 0.968 bits per heavy atom. The third kappa shape index (κ3) is 3.60. The smallest absolute Gasteiger partial charge is 0.318 e. The van der Waals surface area contributed by atoms with Crippen molar-refractivity contribution in [1.29, 1.82) is 0 Å². The zero-order valence-electron chi connectivity index (χ0n) is 17.1. The molecule has 5 heteroatoms. The molecule has 1 aliphatic heterocycles. The normalized spacial score (nSPS) is 15.0. The fraction of sp³-hybridized carbons (Fsp3) is 0.115. The predicted molar refractivity (Wildman–Crippen MR) is 125 cm³/mol. The van der Waals surface area contributed by atoms with Gasteiger partial charge in [0.2, 0.25) is 0 Å². The maximum Gasteiger partial charge on any atom is 0.322 e. The molecule has 1 aromatic heterocycles. The SMILES string of the molecule is Cc1ccccc1[C@@H]1c2cccn2-c2ccccc2CN1C(=O)Nc1cccc(Cl)c1. The van der Waals surface area contributed by atoms with Crippen LogP contribution in [0.15, 0.2) is 91.1 Å². The van der Waals surface area contributed by atoms with E-state index in [0.29, 0.717) is 17.3 Å². The average Bonchev–Trinajstić information content (AvgIpc) is 3.19. The van der Waals surface area contributed by atoms with Crippen molar-refractivity contribution in [2.24, 2.45) is 0 Å². The summed E-state index contributed by atoms with van der Waals surface area (Å²) in [6.45, 7) is 2.58. The van der Waals surface area contributed by atoms with Crippen LogP contribution >= 0.6 is 11.6 Å². The lowest BCUT2D eigenvalue weighted by molar-refractivity contribution is 0.194. The maximum absolute atomic E-state index is 13.6. The number of hydrogen-bond donors (Lipinski definition) is 1. The lowest BCUT2D eigenvalue weighted by Crippen LogP contribution is -2.38. The summed E-state index contributed by atoms with van der Waals surface area (Å²) < 4.78 is 2.19. The van der Waals surface area contributed by atoms with Crippen LogP contribution in [0, 0.1) is 6.92 Å². The molecule has 0 radical (unpaired) electrons. The third-order valence-corrected chi connectivity index (χ3v) is 6.02. The second kappa shape index (κ2) is 7.97. The van der Waals surface area contributed by atoms with Crippen LogP contribution in [0.4, 0.5) is 10.5 Å². The number of carbonyl (C=O) groups excluding carboxylic acids is 1. The van der Waals surface area contributed by atoms with Gasteiger partial charge >= 0.3 is 6.03 Å². The molecule has 1 N–H and O–H groups in total. The minimum Gasteiger partial charge on any atom is -0.318 e. The van der Waals surface area contributed by atoms with Gasteiger partial charge in [-0.15, -0.1) is 0 Å². The highest BCUT2D eigenvalue weighted by atomic mass is 35.5. The molecule has 2 heterocycles. The Bertz CT molecular complexity index is 1260. The predicted octanol–water partition coefficient (Wildman–Crippen LogP) is 6.58. The number of anilines is 1. The second-order valence-electron chi connectivity index (χ2n) is 7.76. The van der Waals surface area contributed by atoms with Gasteiger partial charge in [-0.2, -0.15) is 0 Å². The first kappa shape index (κ1) is 19.5. The van der Waals surface area contributed by atoms with Crippen LogP contribution in [0.3, 0.4) is 0 Å². The molecule has 0 saturated carbocycles. The number of hydrogen-bond acceptors (Lipinski definition) is 1. The Hall–Kier alpha value is -3.50. The van der Waals surface area contributed by atoms with Gasteiger partial charge in [0.15, 0.2) is 0 Å². The zero-order chi connectivity index (χ0) is 21.4. The van der Waals surface area contributed by atoms with E-state index < -0.39 is 0 Å². The molecule has 4 aromatic rings. The molecular weight excluding hydrogens is 406 g/mol. The molecule has 1 aliphatic rings. The molecule has 0 aliphatic carbocycles. The summed E-state index contributed by atoms with van der Waals surface area (Å²) in [5.74, 6) is 0. The van der Waals surface area contributed by atoms with Crippen molar-refractivity contribution in [3.05, 3.63) is 119 Å². The molecule has 4 nitrogen and oxygen atoms in total. The molecule has 0 spiro atoms. The molecule has 1 atom stereocenters. The quantitative estimate of drug-likeness (QED) is 0.385. The van der Waals surface area contributed by atoms with Crippen molar-refractivity contribution in [2.45, 2.75) is 19.5 Å². The molecule has 5 rings (SSSR count). The van der Waals surface area contributed by atoms with E-state index in [4.69, 9.17) is 11.6 Å². The van der Waals surface area contributed by atoms with E-state index in [1.165, 1.54) is 0 Å². The molecule has 0 fully saturated rings. The molecule has 31 heavy (non-hydrogen) atoms. The zero-order valence-corrected chi connectivity index (χ0v) is 17.9. The second-order valence-corrected chi connectivity index (χ2v) is 8.20. The van der Waals surface area contributed by atoms with E-state index in [0.717, 1.165) is 28.1 Å². The van der Waals surface area contributed by atoms with E-state index >= 15 is 0 Å². The number of halogens is 1. The summed E-state index contributed by atoms with van der Waals surface area (Å²) >= 11 is 6.14. The number of nitrogens with zero attached hydrogens (tertiary/aromatic N) is 2. The number of fused-ring (bicyclic) bond motifs is 3. The van der Waals surface area contributed by atoms with E-state index in [2.05, 4.69) is 53.3 Å². The third-order valence-electron chi connectivity index (χ3n) is 5.78. The molecule has 0 bridgehead atoms. The lowest BCUT2D eigenvalue weighted by Gasteiger charge is -2.32. The number of urea groups is 1. The van der Waals surface area contributed by atoms with E-state index in [1.807, 2.05) is 47.4 Å². The van der Waals surface area contributed by atoms with Crippen LogP contribution in [-0.4, -0.2) is 15.5 Å². The summed E-state index contributed by atoms with van der Waals surface area (Å²) in [6.07, 6.45) is 2.07. The summed E-state index contributed by atoms with van der Waals surface area (Å²) in [4.78, 5) is 15.5. The van der Waals surface area contributed by atoms with Gasteiger partial charge in [0.25, 0.3) is 0 Å². The Morgan fingerprint density at radius 3 is 2.61 bits per heavy atom. The topological polar surface area (TPSA) is 37.3 Å². The molecule has 0 unspecified atom stereocenters. The number of nitrogens with one attached hydrogen (secondary N) is 1. The van der Waals surface area contributed by atoms with Gasteiger partial charge in [-0.05, 0) is 60.0 Å². The standard InChI is InChI=1S/C26H22ClN3O/c1-18-8-2-4-12-22(18)25-24-14-7-15-29(24)23-13-5-3-9-19(23)17-30(25)26(31)28-21-11-6-10-20(27)16-21/h2-16,25H,17H2,1H3,(H,28,31)/t25-/m1/s1. The lowest BCUT2D eigenvalue weighted by atomic mass is 9.97. The molecule has 154 valence electrons. The maximum atomic E-state index is 13.6. The van der Waals surface area contributed by atoms with Gasteiger partial charge < -0.3 is 14.8 Å². The van der Waals surface area contributed by atoms with Crippen LogP contribution in [0.25, 0.3) is 5.69 Å². The van der Waals surface area contributed by atoms with Crippen LogP contribution in [0.1, 0.15) is 28.4 Å². The van der Waals surface area contributed by atoms with Crippen molar-refractivity contribution >= 4 is 23.3 Å². The highest BCUT2D eigenvalue weighted by molar-refractivity contribution is 6.30. The van der Waals surface area contributed by atoms with Gasteiger partial charge in [0.1, 0.15) is 6.04 Å². The average molecular weight is 428 g/mol. The highest BCUT2D eigenvalue weighted by Crippen LogP contribution is 2.38. The Balaban J connectivity index is 1.65. The first-order chi connectivity index (χ1) is 15.1. The van der Waals surface area contributed by atoms with Crippen molar-refractivity contribution in [3.63, 3.8) is 0 Å². The minimum atomic E-state index is -0.234. The number of benzene rings is 3. The fourth-order valence-electron chi connectivity index (χ4n) is 4.32. The van der Waals surface area contributed by atoms with Crippen molar-refractivity contribution in [3.8, 4) is 5.69 Å². The minimum absolute atomic E-state index is 0.167. The fourth-order valence-corrected chi connectivity index (χ4v) is 4.51. The van der Waals surface area contributed by atoms with Crippen molar-refractivity contribution in [1.82, 2.24) is 9.47 Å². The number of carbonyl (C=O) groups is 1. The molecule has 2 amide bonds. The van der Waals surface area contributed by atoms with E-state index in [9.17, 15) is 4.79 Å². The van der Waals surface area contributed by atoms with Gasteiger partial charge in [0.05, 0.1) is 12.2 Å². The van der Waals surface area contributed by atoms with Gasteiger partial charge in [-0.25, -0.2) is 4.79 Å². The highest BCUT2D eigenvalue weighted by Gasteiger charge is 2.33. The number of rotatable bonds is 2. The van der Waals surface area contributed by atoms with E-state index in [-0.39, 0.29) is 12.1 Å². The number of amides is 2. The monoisotopic (exact) mass is 427 g/mol. The summed E-state index contributed by atoms with van der Waals surface area (Å²) in [5, 5.41) is 3.63. The van der Waals surface area contributed by atoms with Gasteiger partial charge in [-0.1, -0.05) is 60.1 Å².